The molecule has 1 saturated heterocycles. The molecule has 11 N–H and O–H groups in total. The fraction of sp³-hybridized carbons (Fsp3) is 0.727. The molecule has 0 saturated carbocycles. The Hall–Kier alpha value is -1.43. The Morgan fingerprint density at radius 1 is 1.12 bits per heavy atom. The summed E-state index contributed by atoms with van der Waals surface area (Å²) < 4.78 is 1.46. The van der Waals surface area contributed by atoms with Crippen LogP contribution >= 0.6 is 0 Å². The van der Waals surface area contributed by atoms with E-state index in [0.29, 0.717) is 0 Å². The van der Waals surface area contributed by atoms with E-state index in [1.807, 2.05) is 0 Å². The Kier molecular flexibility index (Phi) is 5.52. The van der Waals surface area contributed by atoms with Crippen LogP contribution < -0.4 is 0 Å². The van der Waals surface area contributed by atoms with Gasteiger partial charge in [0.2, 0.25) is 6.23 Å². The highest BCUT2D eigenvalue weighted by molar-refractivity contribution is 5.72. The number of carbonyl (C=O) groups is 1. The fourth-order valence-corrected chi connectivity index (χ4v) is 2.74. The molecule has 0 radical (unpaired) electrons. The van der Waals surface area contributed by atoms with Gasteiger partial charge >= 0.3 is 23.9 Å². The van der Waals surface area contributed by atoms with Crippen LogP contribution in [-0.2, 0) is 9.53 Å². The zero-order chi connectivity index (χ0) is 20.0. The van der Waals surface area contributed by atoms with Crippen LogP contribution in [0.15, 0.2) is 12.3 Å². The second-order valence-electron chi connectivity index (χ2n) is 5.58. The van der Waals surface area contributed by atoms with Crippen molar-refractivity contribution in [1.29, 1.82) is 0 Å². The van der Waals surface area contributed by atoms with Crippen molar-refractivity contribution in [3.8, 4) is 0 Å². The van der Waals surface area contributed by atoms with Gasteiger partial charge in [0, 0.05) is 0 Å². The number of nitrogens with zero attached hydrogens (tertiary/aromatic N) is 1. The first-order valence-corrected chi connectivity index (χ1v) is 6.58. The molecule has 25 heavy (non-hydrogen) atoms. The Morgan fingerprint density at radius 2 is 1.56 bits per heavy atom. The van der Waals surface area contributed by atoms with Crippen molar-refractivity contribution >= 4 is 5.97 Å². The maximum absolute atomic E-state index is 11.3. The summed E-state index contributed by atoms with van der Waals surface area (Å²) in [4.78, 5) is 11.3. The maximum atomic E-state index is 11.3. The quantitative estimate of drug-likeness (QED) is 0.0860. The van der Waals surface area contributed by atoms with E-state index in [1.165, 1.54) is 0 Å². The van der Waals surface area contributed by atoms with Crippen molar-refractivity contribution in [3.05, 3.63) is 12.3 Å². The number of hydrogen-bond acceptors (Lipinski definition) is 13. The van der Waals surface area contributed by atoms with Gasteiger partial charge < -0.3 is 45.6 Å². The van der Waals surface area contributed by atoms with E-state index in [4.69, 9.17) is 10.2 Å². The number of likely N-dealkylation sites (tertiary alicyclic amines) is 1. The second-order valence-corrected chi connectivity index (χ2v) is 5.58. The number of aliphatic hydroxyl groups is 11. The summed E-state index contributed by atoms with van der Waals surface area (Å²) in [5.74, 6) is -9.81. The van der Waals surface area contributed by atoms with Crippen LogP contribution in [0.4, 0.5) is 0 Å². The zero-order valence-corrected chi connectivity index (χ0v) is 12.5. The van der Waals surface area contributed by atoms with Gasteiger partial charge in [0.1, 0.15) is 0 Å². The third-order valence-corrected chi connectivity index (χ3v) is 3.72. The highest BCUT2D eigenvalue weighted by atomic mass is 16.8. The lowest BCUT2D eigenvalue weighted by atomic mass is 9.93. The number of quaternary nitrogens is 1. The molecular weight excluding hydrogens is 354 g/mol. The van der Waals surface area contributed by atoms with Crippen molar-refractivity contribution < 1.29 is 70.2 Å². The molecule has 1 rings (SSSR count). The summed E-state index contributed by atoms with van der Waals surface area (Å²) in [6.07, 6.45) is -14.8. The molecule has 1 aliphatic heterocycles. The lowest BCUT2D eigenvalue weighted by Gasteiger charge is -2.63. The predicted octanol–water partition coefficient (Wildman–Crippen LogP) is -5.93. The van der Waals surface area contributed by atoms with E-state index in [9.17, 15) is 50.8 Å². The van der Waals surface area contributed by atoms with E-state index in [1.54, 1.807) is 0 Å². The Morgan fingerprint density at radius 3 is 1.84 bits per heavy atom. The van der Waals surface area contributed by atoms with Crippen LogP contribution in [0.1, 0.15) is 12.8 Å². The molecule has 14 nitrogen and oxygen atoms in total. The van der Waals surface area contributed by atoms with Gasteiger partial charge in [0.05, 0.1) is 12.2 Å². The average molecular weight is 374 g/mol. The van der Waals surface area contributed by atoms with E-state index in [-0.39, 0.29) is 0 Å². The van der Waals surface area contributed by atoms with Gasteiger partial charge in [-0.05, 0) is 0 Å². The number of carbonyl (C=O) groups excluding carboxylic acids is 1. The first-order chi connectivity index (χ1) is 11.0. The van der Waals surface area contributed by atoms with Gasteiger partial charge in [-0.25, -0.2) is 4.79 Å². The lowest BCUT2D eigenvalue weighted by Crippen LogP contribution is -2.96. The molecule has 2 unspecified atom stereocenters. The normalized spacial score (nSPS) is 23.5. The predicted molar refractivity (Wildman–Crippen MR) is 69.1 cm³/mol. The molecule has 146 valence electrons. The van der Waals surface area contributed by atoms with Crippen molar-refractivity contribution in [2.45, 2.75) is 49.4 Å². The van der Waals surface area contributed by atoms with Crippen molar-refractivity contribution in [2.24, 2.45) is 0 Å². The Balaban J connectivity index is 3.41. The van der Waals surface area contributed by atoms with Gasteiger partial charge in [-0.15, -0.1) is 4.48 Å². The van der Waals surface area contributed by atoms with Crippen LogP contribution in [0.5, 0.6) is 0 Å². The van der Waals surface area contributed by atoms with E-state index < -0.39 is 65.6 Å². The molecule has 0 aromatic rings. The van der Waals surface area contributed by atoms with Crippen LogP contribution in [0.3, 0.4) is 0 Å². The van der Waals surface area contributed by atoms with Crippen molar-refractivity contribution in [3.63, 3.8) is 0 Å². The van der Waals surface area contributed by atoms with Gasteiger partial charge in [0.15, 0.2) is 12.5 Å². The van der Waals surface area contributed by atoms with Crippen LogP contribution in [0, 0.1) is 0 Å². The topological polar surface area (TPSA) is 249 Å². The van der Waals surface area contributed by atoms with Crippen LogP contribution in [0.2, 0.25) is 0 Å². The smallest absolute Gasteiger partial charge is 0.453 e. The molecule has 0 aromatic heterocycles. The Bertz CT molecular complexity index is 505. The second kappa shape index (κ2) is 6.38. The van der Waals surface area contributed by atoms with E-state index in [0.717, 1.165) is 0 Å². The van der Waals surface area contributed by atoms with E-state index >= 15 is 0 Å². The minimum absolute atomic E-state index is 0.828. The van der Waals surface area contributed by atoms with Gasteiger partial charge in [-0.2, -0.15) is 0 Å². The summed E-state index contributed by atoms with van der Waals surface area (Å²) >= 11 is 0. The summed E-state index contributed by atoms with van der Waals surface area (Å²) in [5.41, 5.74) is 0. The number of esters is 1. The summed E-state index contributed by atoms with van der Waals surface area (Å²) in [7, 11) is 0. The minimum Gasteiger partial charge on any atom is -0.513 e. The summed E-state index contributed by atoms with van der Waals surface area (Å²) in [5, 5.41) is 104. The number of ether oxygens (including phenoxy) is 1. The van der Waals surface area contributed by atoms with Gasteiger partial charge in [-0.1, -0.05) is 6.58 Å². The highest BCUT2D eigenvalue weighted by Crippen LogP contribution is 2.53. The molecule has 0 aromatic carbocycles. The molecule has 2 atom stereocenters. The largest absolute Gasteiger partial charge is 0.513 e. The summed E-state index contributed by atoms with van der Waals surface area (Å²) in [6.45, 7) is 2.97. The molecule has 0 aliphatic carbocycles. The van der Waals surface area contributed by atoms with Gasteiger partial charge in [-0.3, -0.25) is 15.3 Å². The molecule has 14 heteroatoms. The maximum Gasteiger partial charge on any atom is 0.453 e. The number of rotatable bonds is 7. The minimum atomic E-state index is -4.41. The van der Waals surface area contributed by atoms with Crippen LogP contribution in [-0.4, -0.2) is 103 Å². The third-order valence-electron chi connectivity index (χ3n) is 3.72. The fourth-order valence-electron chi connectivity index (χ4n) is 2.74. The molecule has 0 bridgehead atoms. The first kappa shape index (κ1) is 21.6. The van der Waals surface area contributed by atoms with E-state index in [2.05, 4.69) is 11.3 Å². The van der Waals surface area contributed by atoms with Crippen molar-refractivity contribution in [1.82, 2.24) is 0 Å². The monoisotopic (exact) mass is 374 g/mol. The molecule has 1 aliphatic rings. The molecule has 0 amide bonds. The Labute approximate surface area is 139 Å². The average Bonchev–Trinajstić information content (AvgIpc) is 2.32. The first-order valence-electron chi connectivity index (χ1n) is 6.58. The lowest BCUT2D eigenvalue weighted by molar-refractivity contribution is -1.25. The number of hydrogen-bond donors (Lipinski definition) is 11. The molecule has 1 fully saturated rings. The highest BCUT2D eigenvalue weighted by Gasteiger charge is 2.87. The zero-order valence-electron chi connectivity index (χ0n) is 12.5. The van der Waals surface area contributed by atoms with Gasteiger partial charge in [0.25, 0.3) is 6.29 Å². The van der Waals surface area contributed by atoms with Crippen LogP contribution in [0.25, 0.3) is 0 Å². The van der Waals surface area contributed by atoms with Crippen molar-refractivity contribution in [2.75, 3.05) is 0 Å². The summed E-state index contributed by atoms with van der Waals surface area (Å²) in [6, 6.07) is 0. The number of aliphatic hydroxyl groups excluding tert-OH is 3. The molecule has 1 heterocycles. The molecular formula is C11H20NO13+. The standard InChI is InChI=1S/C11H19NO13/c1-4(13)2-5(25-8(17)7(15)16)6(14)12(11(22,23)24)9(18,19)3-10(12,20)21/h5-7,14-16,18-24H,1-3H2/p+1. The SMILES string of the molecule is C=C(O)CC(OC(=O)C(O)O)C(O)[N+]1(C(O)(O)O)C(O)(O)CC1(O)O. The molecule has 0 spiro atoms. The third kappa shape index (κ3) is 3.33.